The largest absolute Gasteiger partial charge is 0.492 e. The zero-order chi connectivity index (χ0) is 29.0. The normalized spacial score (nSPS) is 14.1. The molecule has 2 N–H and O–H groups in total. The van der Waals surface area contributed by atoms with E-state index in [0.717, 1.165) is 32.1 Å². The third-order valence-electron chi connectivity index (χ3n) is 7.06. The van der Waals surface area contributed by atoms with Gasteiger partial charge in [0.05, 0.1) is 12.3 Å². The van der Waals surface area contributed by atoms with Gasteiger partial charge in [0.1, 0.15) is 17.6 Å². The van der Waals surface area contributed by atoms with Crippen molar-refractivity contribution in [3.63, 3.8) is 0 Å². The summed E-state index contributed by atoms with van der Waals surface area (Å²) in [6.07, 6.45) is 7.18. The Bertz CT molecular complexity index is 1300. The van der Waals surface area contributed by atoms with E-state index >= 15 is 0 Å². The number of rotatable bonds is 12. The number of benzene rings is 2. The smallest absolute Gasteiger partial charge is 0.248 e. The van der Waals surface area contributed by atoms with Gasteiger partial charge in [-0.1, -0.05) is 61.2 Å². The molecule has 1 fully saturated rings. The van der Waals surface area contributed by atoms with Crippen molar-refractivity contribution in [3.8, 4) is 5.75 Å². The summed E-state index contributed by atoms with van der Waals surface area (Å²) in [6.45, 7) is 2.27. The molecule has 4 rings (SSSR count). The number of amides is 3. The van der Waals surface area contributed by atoms with E-state index in [1.165, 1.54) is 4.90 Å². The quantitative estimate of drug-likeness (QED) is 0.257. The van der Waals surface area contributed by atoms with E-state index in [1.807, 2.05) is 19.1 Å². The van der Waals surface area contributed by atoms with Gasteiger partial charge in [-0.3, -0.25) is 19.3 Å². The van der Waals surface area contributed by atoms with Gasteiger partial charge in [0, 0.05) is 30.1 Å². The third kappa shape index (κ3) is 8.54. The molecular weight excluding hydrogens is 540 g/mol. The fraction of sp³-hybridized carbons (Fsp3) is 0.375. The van der Waals surface area contributed by atoms with Gasteiger partial charge in [0.15, 0.2) is 0 Å². The number of nitrogens with zero attached hydrogens (tertiary/aromatic N) is 2. The SMILES string of the molecule is CCOc1ccccc1N(C(=O)CCCC(=O)Nc1ccccn1)[C@H](C(=O)NC1CCCCC1)c1ccc(Cl)cc1. The van der Waals surface area contributed by atoms with Crippen LogP contribution in [-0.4, -0.2) is 35.4 Å². The van der Waals surface area contributed by atoms with Gasteiger partial charge in [0.2, 0.25) is 17.7 Å². The van der Waals surface area contributed by atoms with E-state index in [-0.39, 0.29) is 36.6 Å². The lowest BCUT2D eigenvalue weighted by molar-refractivity contribution is -0.127. The predicted molar refractivity (Wildman–Crippen MR) is 161 cm³/mol. The van der Waals surface area contributed by atoms with Crippen LogP contribution in [0.1, 0.15) is 69.9 Å². The van der Waals surface area contributed by atoms with E-state index in [1.54, 1.807) is 60.8 Å². The topological polar surface area (TPSA) is 101 Å². The van der Waals surface area contributed by atoms with Gasteiger partial charge in [-0.15, -0.1) is 0 Å². The molecule has 8 nitrogen and oxygen atoms in total. The second-order valence-corrected chi connectivity index (χ2v) is 10.5. The van der Waals surface area contributed by atoms with E-state index in [4.69, 9.17) is 16.3 Å². The Morgan fingerprint density at radius 3 is 2.41 bits per heavy atom. The van der Waals surface area contributed by atoms with Crippen LogP contribution in [0.25, 0.3) is 0 Å². The summed E-state index contributed by atoms with van der Waals surface area (Å²) in [6, 6.07) is 18.6. The second-order valence-electron chi connectivity index (χ2n) is 10.1. The number of aromatic nitrogens is 1. The highest BCUT2D eigenvalue weighted by molar-refractivity contribution is 6.30. The summed E-state index contributed by atoms with van der Waals surface area (Å²) in [5.74, 6) is 0.175. The lowest BCUT2D eigenvalue weighted by Crippen LogP contribution is -2.47. The van der Waals surface area contributed by atoms with Gasteiger partial charge in [0.25, 0.3) is 0 Å². The van der Waals surface area contributed by atoms with Gasteiger partial charge >= 0.3 is 0 Å². The number of pyridine rings is 1. The molecule has 216 valence electrons. The fourth-order valence-electron chi connectivity index (χ4n) is 5.10. The predicted octanol–water partition coefficient (Wildman–Crippen LogP) is 6.47. The minimum atomic E-state index is -0.953. The van der Waals surface area contributed by atoms with Gasteiger partial charge in [-0.05, 0) is 68.1 Å². The number of nitrogens with one attached hydrogen (secondary N) is 2. The van der Waals surface area contributed by atoms with E-state index in [2.05, 4.69) is 15.6 Å². The highest BCUT2D eigenvalue weighted by Crippen LogP contribution is 2.36. The van der Waals surface area contributed by atoms with Crippen molar-refractivity contribution >= 4 is 40.8 Å². The van der Waals surface area contributed by atoms with Crippen LogP contribution in [0.15, 0.2) is 72.9 Å². The number of para-hydroxylation sites is 2. The van der Waals surface area contributed by atoms with Crippen molar-refractivity contribution in [1.82, 2.24) is 10.3 Å². The van der Waals surface area contributed by atoms with Crippen LogP contribution in [0.5, 0.6) is 5.75 Å². The fourth-order valence-corrected chi connectivity index (χ4v) is 5.23. The standard InChI is InChI=1S/C32H37ClN4O4/c1-2-41-27-14-7-6-13-26(27)37(30(39)17-10-16-29(38)36-28-15-8-9-22-34-28)31(23-18-20-24(33)21-19-23)32(40)35-25-11-4-3-5-12-25/h6-9,13-15,18-22,25,31H,2-5,10-12,16-17H2,1H3,(H,35,40)(H,34,36,38)/t31-/m0/s1. The molecule has 0 spiro atoms. The Kier molecular flexibility index (Phi) is 11.1. The Labute approximate surface area is 246 Å². The molecule has 2 aromatic carbocycles. The first-order chi connectivity index (χ1) is 20.0. The number of hydrogen-bond donors (Lipinski definition) is 2. The number of halogens is 1. The molecule has 0 radical (unpaired) electrons. The molecule has 1 aliphatic carbocycles. The number of carbonyl (C=O) groups is 3. The van der Waals surface area contributed by atoms with Crippen molar-refractivity contribution in [2.24, 2.45) is 0 Å². The van der Waals surface area contributed by atoms with Crippen LogP contribution in [0.3, 0.4) is 0 Å². The van der Waals surface area contributed by atoms with Crippen LogP contribution < -0.4 is 20.3 Å². The summed E-state index contributed by atoms with van der Waals surface area (Å²) in [5.41, 5.74) is 1.13. The van der Waals surface area contributed by atoms with Crippen molar-refractivity contribution in [1.29, 1.82) is 0 Å². The molecule has 1 heterocycles. The van der Waals surface area contributed by atoms with Gasteiger partial charge in [-0.2, -0.15) is 0 Å². The first-order valence-corrected chi connectivity index (χ1v) is 14.6. The first-order valence-electron chi connectivity index (χ1n) is 14.3. The Morgan fingerprint density at radius 2 is 1.71 bits per heavy atom. The van der Waals surface area contributed by atoms with E-state index in [9.17, 15) is 14.4 Å². The van der Waals surface area contributed by atoms with Gasteiger partial charge < -0.3 is 15.4 Å². The number of hydrogen-bond acceptors (Lipinski definition) is 5. The molecule has 41 heavy (non-hydrogen) atoms. The lowest BCUT2D eigenvalue weighted by Gasteiger charge is -2.34. The van der Waals surface area contributed by atoms with Crippen molar-refractivity contribution in [2.45, 2.75) is 70.4 Å². The van der Waals surface area contributed by atoms with Crippen molar-refractivity contribution in [2.75, 3.05) is 16.8 Å². The first kappa shape index (κ1) is 30.1. The zero-order valence-electron chi connectivity index (χ0n) is 23.4. The molecule has 0 bridgehead atoms. The van der Waals surface area contributed by atoms with Crippen LogP contribution in [-0.2, 0) is 14.4 Å². The molecule has 1 aromatic heterocycles. The molecule has 1 saturated carbocycles. The molecule has 0 saturated heterocycles. The van der Waals surface area contributed by atoms with Crippen LogP contribution in [0.2, 0.25) is 5.02 Å². The highest BCUT2D eigenvalue weighted by atomic mass is 35.5. The monoisotopic (exact) mass is 576 g/mol. The third-order valence-corrected chi connectivity index (χ3v) is 7.32. The number of ether oxygens (including phenoxy) is 1. The average molecular weight is 577 g/mol. The Balaban J connectivity index is 1.62. The molecular formula is C32H37ClN4O4. The summed E-state index contributed by atoms with van der Waals surface area (Å²) < 4.78 is 5.89. The molecule has 3 amide bonds. The Morgan fingerprint density at radius 1 is 0.976 bits per heavy atom. The molecule has 1 aliphatic rings. The van der Waals surface area contributed by atoms with Crippen LogP contribution in [0.4, 0.5) is 11.5 Å². The summed E-state index contributed by atoms with van der Waals surface area (Å²) in [7, 11) is 0. The molecule has 3 aromatic rings. The van der Waals surface area contributed by atoms with E-state index in [0.29, 0.717) is 40.9 Å². The van der Waals surface area contributed by atoms with Crippen LogP contribution >= 0.6 is 11.6 Å². The molecule has 0 aliphatic heterocycles. The Hall–Kier alpha value is -3.91. The lowest BCUT2D eigenvalue weighted by atomic mass is 9.94. The molecule has 9 heteroatoms. The minimum absolute atomic E-state index is 0.0525. The average Bonchev–Trinajstić information content (AvgIpc) is 2.98. The highest BCUT2D eigenvalue weighted by Gasteiger charge is 2.35. The molecule has 1 atom stereocenters. The minimum Gasteiger partial charge on any atom is -0.492 e. The van der Waals surface area contributed by atoms with Gasteiger partial charge in [-0.25, -0.2) is 4.98 Å². The number of anilines is 2. The summed E-state index contributed by atoms with van der Waals surface area (Å²) >= 11 is 6.19. The zero-order valence-corrected chi connectivity index (χ0v) is 24.1. The maximum Gasteiger partial charge on any atom is 0.248 e. The van der Waals surface area contributed by atoms with Crippen LogP contribution in [0, 0.1) is 0 Å². The summed E-state index contributed by atoms with van der Waals surface area (Å²) in [5, 5.41) is 6.49. The maximum atomic E-state index is 14.0. The van der Waals surface area contributed by atoms with Crippen molar-refractivity contribution < 1.29 is 19.1 Å². The van der Waals surface area contributed by atoms with E-state index < -0.39 is 6.04 Å². The maximum absolute atomic E-state index is 14.0. The number of carbonyl (C=O) groups excluding carboxylic acids is 3. The van der Waals surface area contributed by atoms with Crippen molar-refractivity contribution in [3.05, 3.63) is 83.5 Å². The summed E-state index contributed by atoms with van der Waals surface area (Å²) in [4.78, 5) is 46.2. The second kappa shape index (κ2) is 15.2. The molecule has 0 unspecified atom stereocenters.